The number of rotatable bonds is 8. The van der Waals surface area contributed by atoms with E-state index in [1.807, 2.05) is 0 Å². The van der Waals surface area contributed by atoms with Crippen LogP contribution in [0.1, 0.15) is 119 Å². The Morgan fingerprint density at radius 1 is 0.875 bits per heavy atom. The summed E-state index contributed by atoms with van der Waals surface area (Å²) in [5, 5.41) is 13.3. The van der Waals surface area contributed by atoms with Crippen molar-refractivity contribution in [3.8, 4) is 11.5 Å². The molecule has 3 aromatic rings. The van der Waals surface area contributed by atoms with Gasteiger partial charge in [-0.1, -0.05) is 19.4 Å². The summed E-state index contributed by atoms with van der Waals surface area (Å²) in [5.74, 6) is -2.19. The first kappa shape index (κ1) is 36.1. The van der Waals surface area contributed by atoms with Crippen molar-refractivity contribution in [1.82, 2.24) is 9.96 Å². The van der Waals surface area contributed by atoms with Crippen molar-refractivity contribution in [1.29, 1.82) is 0 Å². The van der Waals surface area contributed by atoms with Crippen molar-refractivity contribution in [3.05, 3.63) is 85.4 Å². The maximum Gasteiger partial charge on any atom is 0.336 e. The SMILES string of the molecule is CCCCc1cc2c(c3c1=NCCC3)Oc1c(cc3c4c1CCCN4CCC3)C=2c1ccc(C(=O)N2CCC(C(=O)ON3C(=O)CCC3=O)CC2)cc1C(=O)O. The van der Waals surface area contributed by atoms with Gasteiger partial charge in [0, 0.05) is 84.3 Å². The van der Waals surface area contributed by atoms with Gasteiger partial charge in [-0.05, 0) is 105 Å². The molecule has 2 fully saturated rings. The number of carboxylic acid groups (broad SMARTS) is 1. The van der Waals surface area contributed by atoms with E-state index < -0.39 is 29.7 Å². The maximum absolute atomic E-state index is 14.0. The van der Waals surface area contributed by atoms with E-state index in [1.165, 1.54) is 22.9 Å². The largest absolute Gasteiger partial charge is 0.478 e. The van der Waals surface area contributed by atoms with Crippen molar-refractivity contribution in [2.45, 2.75) is 90.4 Å². The smallest absolute Gasteiger partial charge is 0.336 e. The van der Waals surface area contributed by atoms with E-state index in [9.17, 15) is 29.1 Å². The molecular weight excluding hydrogens is 713 g/mol. The Balaban J connectivity index is 1.12. The molecule has 0 radical (unpaired) electrons. The Morgan fingerprint density at radius 2 is 1.62 bits per heavy atom. The molecule has 6 aliphatic rings. The molecule has 6 aliphatic heterocycles. The van der Waals surface area contributed by atoms with Gasteiger partial charge in [-0.25, -0.2) is 9.59 Å². The fourth-order valence-electron chi connectivity index (χ4n) is 9.57. The monoisotopic (exact) mass is 758 g/mol. The van der Waals surface area contributed by atoms with Gasteiger partial charge in [0.15, 0.2) is 0 Å². The molecule has 2 saturated heterocycles. The van der Waals surface area contributed by atoms with E-state index in [2.05, 4.69) is 24.0 Å². The number of nitrogens with zero attached hydrogens (tertiary/aromatic N) is 4. The Morgan fingerprint density at radius 3 is 2.38 bits per heavy atom. The molecular formula is C44H46N4O8. The van der Waals surface area contributed by atoms with Crippen LogP contribution in [-0.4, -0.2) is 77.5 Å². The highest BCUT2D eigenvalue weighted by molar-refractivity contribution is 6.03. The molecule has 290 valence electrons. The number of ether oxygens (including phenoxy) is 1. The highest BCUT2D eigenvalue weighted by atomic mass is 16.7. The number of carboxylic acids is 1. The summed E-state index contributed by atoms with van der Waals surface area (Å²) in [5.41, 5.74) is 8.53. The number of unbranched alkanes of at least 4 members (excludes halogenated alkanes) is 1. The lowest BCUT2D eigenvalue weighted by Gasteiger charge is -2.39. The van der Waals surface area contributed by atoms with Gasteiger partial charge in [0.05, 0.1) is 16.8 Å². The Hall–Kier alpha value is -5.52. The van der Waals surface area contributed by atoms with Crippen molar-refractivity contribution in [2.24, 2.45) is 10.9 Å². The summed E-state index contributed by atoms with van der Waals surface area (Å²) in [6.45, 7) is 5.46. The van der Waals surface area contributed by atoms with Crippen LogP contribution >= 0.6 is 0 Å². The molecule has 12 nitrogen and oxygen atoms in total. The number of hydrogen-bond acceptors (Lipinski definition) is 9. The molecule has 56 heavy (non-hydrogen) atoms. The Bertz CT molecular complexity index is 2320. The minimum Gasteiger partial charge on any atom is -0.478 e. The first-order valence-corrected chi connectivity index (χ1v) is 20.3. The van der Waals surface area contributed by atoms with Gasteiger partial charge in [0.1, 0.15) is 11.5 Å². The number of hydroxylamine groups is 2. The van der Waals surface area contributed by atoms with Gasteiger partial charge in [-0.2, -0.15) is 0 Å². The summed E-state index contributed by atoms with van der Waals surface area (Å²) in [7, 11) is 0. The van der Waals surface area contributed by atoms with Crippen molar-refractivity contribution in [2.75, 3.05) is 37.6 Å². The maximum atomic E-state index is 14.0. The number of fused-ring (bicyclic) bond motifs is 5. The zero-order valence-corrected chi connectivity index (χ0v) is 31.8. The van der Waals surface area contributed by atoms with Crippen LogP contribution in [-0.2, 0) is 44.9 Å². The number of carbonyl (C=O) groups is 5. The normalized spacial score (nSPS) is 18.7. The summed E-state index contributed by atoms with van der Waals surface area (Å²) in [4.78, 5) is 78.2. The lowest BCUT2D eigenvalue weighted by atomic mass is 9.81. The molecule has 0 spiro atoms. The van der Waals surface area contributed by atoms with E-state index in [0.29, 0.717) is 10.6 Å². The number of anilines is 1. The van der Waals surface area contributed by atoms with Gasteiger partial charge in [-0.3, -0.25) is 19.4 Å². The first-order valence-electron chi connectivity index (χ1n) is 20.3. The molecule has 3 amide bonds. The number of aromatic carboxylic acids is 1. The number of carbonyl (C=O) groups excluding carboxylic acids is 4. The molecule has 0 aliphatic carbocycles. The second-order valence-electron chi connectivity index (χ2n) is 15.9. The summed E-state index contributed by atoms with van der Waals surface area (Å²) in [6.07, 6.45) is 9.17. The van der Waals surface area contributed by atoms with Crippen LogP contribution in [0.25, 0.3) is 5.57 Å². The van der Waals surface area contributed by atoms with E-state index in [-0.39, 0.29) is 55.8 Å². The third kappa shape index (κ3) is 6.13. The van der Waals surface area contributed by atoms with Gasteiger partial charge >= 0.3 is 11.9 Å². The lowest BCUT2D eigenvalue weighted by Crippen LogP contribution is -2.42. The van der Waals surface area contributed by atoms with Crippen LogP contribution in [0.4, 0.5) is 5.69 Å². The second-order valence-corrected chi connectivity index (χ2v) is 15.9. The second kappa shape index (κ2) is 14.5. The van der Waals surface area contributed by atoms with Crippen LogP contribution in [0, 0.1) is 5.92 Å². The molecule has 3 aromatic carbocycles. The number of benzene rings is 3. The lowest BCUT2D eigenvalue weighted by molar-refractivity contribution is -0.201. The van der Waals surface area contributed by atoms with Crippen molar-refractivity contribution < 1.29 is 38.7 Å². The highest BCUT2D eigenvalue weighted by Gasteiger charge is 2.38. The van der Waals surface area contributed by atoms with E-state index in [4.69, 9.17) is 14.6 Å². The predicted molar refractivity (Wildman–Crippen MR) is 205 cm³/mol. The molecule has 1 N–H and O–H groups in total. The minimum atomic E-state index is -1.13. The standard InChI is InChI=1S/C44H46N4O8/c1-2-3-7-26-22-33-37(34-23-27-8-5-18-46-19-6-10-31(39(27)46)41(34)55-40(33)30-9-4-17-45-38(26)30)29-12-11-28(24-32(29)43(52)53)42(51)47-20-15-25(16-21-47)44(54)56-48-35(49)13-14-36(48)50/h11-12,22-25H,2-10,13-21H2,1H3,(H,52,53). The van der Waals surface area contributed by atoms with Crippen LogP contribution < -0.4 is 20.2 Å². The summed E-state index contributed by atoms with van der Waals surface area (Å²) >= 11 is 0. The topological polar surface area (TPSA) is 146 Å². The average molecular weight is 759 g/mol. The number of amides is 3. The van der Waals surface area contributed by atoms with Crippen molar-refractivity contribution >= 4 is 40.9 Å². The summed E-state index contributed by atoms with van der Waals surface area (Å²) in [6, 6.07) is 9.40. The van der Waals surface area contributed by atoms with Crippen molar-refractivity contribution in [3.63, 3.8) is 0 Å². The Kier molecular flexibility index (Phi) is 9.37. The average Bonchev–Trinajstić information content (AvgIpc) is 3.54. The van der Waals surface area contributed by atoms with Gasteiger partial charge in [0.25, 0.3) is 17.7 Å². The molecule has 0 bridgehead atoms. The molecule has 0 aromatic heterocycles. The number of hydrogen-bond donors (Lipinski definition) is 1. The first-order chi connectivity index (χ1) is 27.2. The minimum absolute atomic E-state index is 0.0160. The molecule has 6 heterocycles. The van der Waals surface area contributed by atoms with Crippen LogP contribution in [0.3, 0.4) is 0 Å². The zero-order chi connectivity index (χ0) is 38.7. The van der Waals surface area contributed by atoms with Gasteiger partial charge in [0.2, 0.25) is 0 Å². The quantitative estimate of drug-likeness (QED) is 0.251. The highest BCUT2D eigenvalue weighted by Crippen LogP contribution is 2.49. The van der Waals surface area contributed by atoms with Crippen LogP contribution in [0.2, 0.25) is 0 Å². The molecule has 0 unspecified atom stereocenters. The number of aryl methyl sites for hydroxylation is 2. The molecule has 0 atom stereocenters. The Labute approximate surface area is 324 Å². The van der Waals surface area contributed by atoms with E-state index in [0.717, 1.165) is 122 Å². The fourth-order valence-corrected chi connectivity index (χ4v) is 9.57. The van der Waals surface area contributed by atoms with E-state index >= 15 is 0 Å². The molecule has 9 rings (SSSR count). The third-order valence-electron chi connectivity index (χ3n) is 12.4. The molecule has 0 saturated carbocycles. The number of piperidine rings is 1. The van der Waals surface area contributed by atoms with Gasteiger partial charge in [-0.15, -0.1) is 5.06 Å². The fraction of sp³-hybridized carbons (Fsp3) is 0.455. The third-order valence-corrected chi connectivity index (χ3v) is 12.4. The van der Waals surface area contributed by atoms with Crippen LogP contribution in [0.5, 0.6) is 11.5 Å². The number of likely N-dealkylation sites (tertiary alicyclic amines) is 1. The van der Waals surface area contributed by atoms with Crippen LogP contribution in [0.15, 0.2) is 35.3 Å². The van der Waals surface area contributed by atoms with E-state index in [1.54, 1.807) is 17.0 Å². The molecule has 12 heteroatoms. The van der Waals surface area contributed by atoms with Gasteiger partial charge < -0.3 is 24.5 Å². The zero-order valence-electron chi connectivity index (χ0n) is 31.8. The number of imide groups is 1. The summed E-state index contributed by atoms with van der Waals surface area (Å²) < 4.78 is 7.09. The predicted octanol–water partition coefficient (Wildman–Crippen LogP) is 4.80.